The molecule has 19 heavy (non-hydrogen) atoms. The molecule has 0 bridgehead atoms. The van der Waals surface area contributed by atoms with E-state index in [1.807, 2.05) is 0 Å². The van der Waals surface area contributed by atoms with Gasteiger partial charge in [0.15, 0.2) is 0 Å². The molecule has 7 nitrogen and oxygen atoms in total. The number of hydrogen-bond donors (Lipinski definition) is 2. The predicted octanol–water partition coefficient (Wildman–Crippen LogP) is -0.609. The van der Waals surface area contributed by atoms with Crippen molar-refractivity contribution >= 4 is 21.9 Å². The van der Waals surface area contributed by atoms with Crippen LogP contribution in [-0.4, -0.2) is 54.6 Å². The summed E-state index contributed by atoms with van der Waals surface area (Å²) in [6.45, 7) is 0.231. The Morgan fingerprint density at radius 3 is 2.58 bits per heavy atom. The quantitative estimate of drug-likeness (QED) is 0.719. The summed E-state index contributed by atoms with van der Waals surface area (Å²) >= 11 is 0. The molecule has 2 aliphatic rings. The Bertz CT molecular complexity index is 475. The van der Waals surface area contributed by atoms with Crippen LogP contribution in [0.2, 0.25) is 0 Å². The number of nitrogens with one attached hydrogen (secondary N) is 1. The van der Waals surface area contributed by atoms with E-state index < -0.39 is 21.9 Å². The zero-order valence-corrected chi connectivity index (χ0v) is 11.4. The standard InChI is InChI=1S/C11H18N2O5S/c14-10(7-13-4-1-5-19(13,17)18)12-9-3-2-8(6-9)11(15)16/h8-9H,1-7H2,(H,12,14)(H,15,16)/t8-,9+/m1/s1. The lowest BCUT2D eigenvalue weighted by molar-refractivity contribution is -0.141. The summed E-state index contributed by atoms with van der Waals surface area (Å²) in [7, 11) is -3.26. The molecule has 1 amide bonds. The Morgan fingerprint density at radius 2 is 2.05 bits per heavy atom. The number of aliphatic carboxylic acids is 1. The molecule has 2 N–H and O–H groups in total. The average Bonchev–Trinajstić information content (AvgIpc) is 2.87. The molecule has 2 fully saturated rings. The number of carbonyl (C=O) groups is 2. The van der Waals surface area contributed by atoms with E-state index >= 15 is 0 Å². The predicted molar refractivity (Wildman–Crippen MR) is 66.9 cm³/mol. The maximum atomic E-state index is 11.8. The molecule has 0 aromatic rings. The van der Waals surface area contributed by atoms with Gasteiger partial charge in [-0.25, -0.2) is 8.42 Å². The van der Waals surface area contributed by atoms with Gasteiger partial charge in [0.2, 0.25) is 15.9 Å². The van der Waals surface area contributed by atoms with Gasteiger partial charge in [-0.1, -0.05) is 0 Å². The first-order valence-corrected chi connectivity index (χ1v) is 7.99. The minimum atomic E-state index is -3.26. The first-order valence-electron chi connectivity index (χ1n) is 6.38. The zero-order chi connectivity index (χ0) is 14.0. The van der Waals surface area contributed by atoms with Crippen molar-refractivity contribution in [1.82, 2.24) is 9.62 Å². The van der Waals surface area contributed by atoms with E-state index in [4.69, 9.17) is 5.11 Å². The van der Waals surface area contributed by atoms with E-state index in [1.165, 1.54) is 4.31 Å². The molecule has 1 saturated heterocycles. The van der Waals surface area contributed by atoms with Crippen molar-refractivity contribution in [2.75, 3.05) is 18.8 Å². The molecule has 1 heterocycles. The van der Waals surface area contributed by atoms with E-state index in [1.54, 1.807) is 0 Å². The van der Waals surface area contributed by atoms with Crippen molar-refractivity contribution in [2.45, 2.75) is 31.7 Å². The molecule has 108 valence electrons. The van der Waals surface area contributed by atoms with Crippen molar-refractivity contribution < 1.29 is 23.1 Å². The molecule has 0 unspecified atom stereocenters. The van der Waals surface area contributed by atoms with Crippen molar-refractivity contribution in [2.24, 2.45) is 5.92 Å². The van der Waals surface area contributed by atoms with Gasteiger partial charge in [0.25, 0.3) is 0 Å². The van der Waals surface area contributed by atoms with Crippen LogP contribution in [0.3, 0.4) is 0 Å². The number of carbonyl (C=O) groups excluding carboxylic acids is 1. The second-order valence-electron chi connectivity index (χ2n) is 5.12. The van der Waals surface area contributed by atoms with Crippen LogP contribution in [0.5, 0.6) is 0 Å². The van der Waals surface area contributed by atoms with Crippen molar-refractivity contribution in [3.63, 3.8) is 0 Å². The average molecular weight is 290 g/mol. The third-order valence-corrected chi connectivity index (χ3v) is 5.57. The van der Waals surface area contributed by atoms with E-state index in [0.717, 1.165) is 0 Å². The molecule has 2 atom stereocenters. The first kappa shape index (κ1) is 14.3. The van der Waals surface area contributed by atoms with Crippen LogP contribution in [0.1, 0.15) is 25.7 Å². The number of amides is 1. The summed E-state index contributed by atoms with van der Waals surface area (Å²) in [5, 5.41) is 11.6. The number of hydrogen-bond acceptors (Lipinski definition) is 4. The molecule has 0 spiro atoms. The lowest BCUT2D eigenvalue weighted by atomic mass is 10.1. The van der Waals surface area contributed by atoms with Crippen LogP contribution >= 0.6 is 0 Å². The van der Waals surface area contributed by atoms with Crippen LogP contribution < -0.4 is 5.32 Å². The number of carboxylic acid groups (broad SMARTS) is 1. The third kappa shape index (κ3) is 3.44. The number of rotatable bonds is 4. The van der Waals surface area contributed by atoms with Gasteiger partial charge >= 0.3 is 5.97 Å². The Hall–Kier alpha value is -1.15. The van der Waals surface area contributed by atoms with E-state index in [2.05, 4.69) is 5.32 Å². The largest absolute Gasteiger partial charge is 0.481 e. The van der Waals surface area contributed by atoms with Crippen LogP contribution in [0.25, 0.3) is 0 Å². The second kappa shape index (κ2) is 5.46. The fourth-order valence-electron chi connectivity index (χ4n) is 2.64. The van der Waals surface area contributed by atoms with Gasteiger partial charge in [0, 0.05) is 12.6 Å². The summed E-state index contributed by atoms with van der Waals surface area (Å²) in [5.41, 5.74) is 0. The minimum absolute atomic E-state index is 0.102. The summed E-state index contributed by atoms with van der Waals surface area (Å²) < 4.78 is 24.3. The molecule has 1 aliphatic carbocycles. The fourth-order valence-corrected chi connectivity index (χ4v) is 4.11. The van der Waals surface area contributed by atoms with Crippen LogP contribution in [-0.2, 0) is 19.6 Å². The Labute approximate surface area is 112 Å². The maximum Gasteiger partial charge on any atom is 0.306 e. The molecule has 1 saturated carbocycles. The number of sulfonamides is 1. The highest BCUT2D eigenvalue weighted by Gasteiger charge is 2.33. The third-order valence-electron chi connectivity index (χ3n) is 3.67. The molecule has 8 heteroatoms. The van der Waals surface area contributed by atoms with Crippen LogP contribution in [0.15, 0.2) is 0 Å². The molecule has 0 aromatic carbocycles. The highest BCUT2D eigenvalue weighted by molar-refractivity contribution is 7.89. The van der Waals surface area contributed by atoms with Crippen molar-refractivity contribution in [3.05, 3.63) is 0 Å². The van der Waals surface area contributed by atoms with E-state index in [9.17, 15) is 18.0 Å². The molecule has 0 radical (unpaired) electrons. The Balaban J connectivity index is 1.81. The molecule has 0 aromatic heterocycles. The lowest BCUT2D eigenvalue weighted by Crippen LogP contribution is -2.42. The van der Waals surface area contributed by atoms with Crippen LogP contribution in [0, 0.1) is 5.92 Å². The van der Waals surface area contributed by atoms with Gasteiger partial charge in [-0.2, -0.15) is 4.31 Å². The summed E-state index contributed by atoms with van der Waals surface area (Å²) in [6.07, 6.45) is 2.17. The zero-order valence-electron chi connectivity index (χ0n) is 10.5. The topological polar surface area (TPSA) is 104 Å². The first-order chi connectivity index (χ1) is 8.88. The van der Waals surface area contributed by atoms with Crippen molar-refractivity contribution in [1.29, 1.82) is 0 Å². The Kier molecular flexibility index (Phi) is 4.10. The van der Waals surface area contributed by atoms with Gasteiger partial charge < -0.3 is 10.4 Å². The van der Waals surface area contributed by atoms with Gasteiger partial charge in [-0.15, -0.1) is 0 Å². The highest BCUT2D eigenvalue weighted by Crippen LogP contribution is 2.25. The number of carboxylic acids is 1. The van der Waals surface area contributed by atoms with E-state index in [0.29, 0.717) is 32.2 Å². The van der Waals surface area contributed by atoms with Crippen molar-refractivity contribution in [3.8, 4) is 0 Å². The second-order valence-corrected chi connectivity index (χ2v) is 7.20. The number of nitrogens with zero attached hydrogens (tertiary/aromatic N) is 1. The molecular weight excluding hydrogens is 272 g/mol. The highest BCUT2D eigenvalue weighted by atomic mass is 32.2. The van der Waals surface area contributed by atoms with E-state index in [-0.39, 0.29) is 24.2 Å². The maximum absolute atomic E-state index is 11.8. The van der Waals surface area contributed by atoms with Crippen LogP contribution in [0.4, 0.5) is 0 Å². The van der Waals surface area contributed by atoms with Gasteiger partial charge in [-0.05, 0) is 25.7 Å². The molecule has 1 aliphatic heterocycles. The monoisotopic (exact) mass is 290 g/mol. The normalized spacial score (nSPS) is 30.3. The minimum Gasteiger partial charge on any atom is -0.481 e. The van der Waals surface area contributed by atoms with Gasteiger partial charge in [-0.3, -0.25) is 9.59 Å². The SMILES string of the molecule is O=C(CN1CCCS1(=O)=O)N[C@H]1CC[C@@H](C(=O)O)C1. The van der Waals surface area contributed by atoms with Gasteiger partial charge in [0.05, 0.1) is 18.2 Å². The summed E-state index contributed by atoms with van der Waals surface area (Å²) in [4.78, 5) is 22.6. The smallest absolute Gasteiger partial charge is 0.306 e. The summed E-state index contributed by atoms with van der Waals surface area (Å²) in [5.74, 6) is -1.48. The fraction of sp³-hybridized carbons (Fsp3) is 0.818. The molecule has 2 rings (SSSR count). The summed E-state index contributed by atoms with van der Waals surface area (Å²) in [6, 6.07) is -0.154. The Morgan fingerprint density at radius 1 is 1.32 bits per heavy atom. The molecular formula is C11H18N2O5S. The van der Waals surface area contributed by atoms with Gasteiger partial charge in [0.1, 0.15) is 0 Å². The lowest BCUT2D eigenvalue weighted by Gasteiger charge is -2.17.